The van der Waals surface area contributed by atoms with E-state index in [1.807, 2.05) is 0 Å². The minimum Gasteiger partial charge on any atom is -0.222 e. The Morgan fingerprint density at radius 1 is 1.19 bits per heavy atom. The van der Waals surface area contributed by atoms with Crippen LogP contribution in [0.5, 0.6) is 0 Å². The molecule has 5 nitrogen and oxygen atoms in total. The average Bonchev–Trinajstić information content (AvgIpc) is 2.58. The first-order chi connectivity index (χ1) is 7.42. The number of benzene rings is 1. The van der Waals surface area contributed by atoms with Crippen molar-refractivity contribution in [1.29, 1.82) is 0 Å². The SMILES string of the molecule is CC[n+]1csc2ccccc21.[O-][Cl+3]([O-])([O-])[O-]. The molecule has 16 heavy (non-hydrogen) atoms. The third kappa shape index (κ3) is 4.40. The Labute approximate surface area is 98.6 Å². The molecule has 0 fully saturated rings. The topological polar surface area (TPSA) is 96.1 Å². The van der Waals surface area contributed by atoms with E-state index in [1.165, 1.54) is 10.2 Å². The van der Waals surface area contributed by atoms with Crippen LogP contribution in [-0.2, 0) is 6.54 Å². The Morgan fingerprint density at radius 3 is 2.31 bits per heavy atom. The maximum Gasteiger partial charge on any atom is 0.225 e. The van der Waals surface area contributed by atoms with Crippen molar-refractivity contribution in [2.75, 3.05) is 0 Å². The van der Waals surface area contributed by atoms with E-state index in [-0.39, 0.29) is 0 Å². The molecule has 0 saturated heterocycles. The molecule has 0 saturated carbocycles. The van der Waals surface area contributed by atoms with E-state index in [1.54, 1.807) is 11.3 Å². The normalized spacial score (nSPS) is 11.1. The molecule has 0 spiro atoms. The fraction of sp³-hybridized carbons (Fsp3) is 0.222. The molecule has 1 aromatic heterocycles. The van der Waals surface area contributed by atoms with Gasteiger partial charge in [0, 0.05) is 6.07 Å². The van der Waals surface area contributed by atoms with Gasteiger partial charge in [0.1, 0.15) is 11.2 Å². The zero-order valence-corrected chi connectivity index (χ0v) is 10.0. The predicted octanol–water partition coefficient (Wildman–Crippen LogP) is -2.55. The Balaban J connectivity index is 0.000000221. The van der Waals surface area contributed by atoms with Crippen LogP contribution in [0, 0.1) is 10.2 Å². The lowest BCUT2D eigenvalue weighted by Crippen LogP contribution is -2.68. The summed E-state index contributed by atoms with van der Waals surface area (Å²) < 4.78 is 37.6. The van der Waals surface area contributed by atoms with Crippen LogP contribution in [0.15, 0.2) is 29.8 Å². The van der Waals surface area contributed by atoms with Crippen LogP contribution in [0.25, 0.3) is 10.2 Å². The van der Waals surface area contributed by atoms with Crippen molar-refractivity contribution in [2.45, 2.75) is 13.5 Å². The first-order valence-corrected chi connectivity index (χ1v) is 6.50. The highest BCUT2D eigenvalue weighted by atomic mass is 35.7. The largest absolute Gasteiger partial charge is 0.225 e. The molecule has 1 heterocycles. The summed E-state index contributed by atoms with van der Waals surface area (Å²) >= 11 is 1.80. The van der Waals surface area contributed by atoms with Gasteiger partial charge in [-0.2, -0.15) is 4.57 Å². The molecule has 0 bridgehead atoms. The van der Waals surface area contributed by atoms with E-state index in [0.29, 0.717) is 0 Å². The van der Waals surface area contributed by atoms with E-state index in [2.05, 4.69) is 41.3 Å². The van der Waals surface area contributed by atoms with E-state index >= 15 is 0 Å². The highest BCUT2D eigenvalue weighted by Crippen LogP contribution is 2.14. The van der Waals surface area contributed by atoms with Crippen molar-refractivity contribution >= 4 is 21.6 Å². The number of fused-ring (bicyclic) bond motifs is 1. The number of hydrogen-bond donors (Lipinski definition) is 0. The molecule has 2 aromatic rings. The maximum atomic E-state index is 8.49. The van der Waals surface area contributed by atoms with Crippen molar-refractivity contribution in [2.24, 2.45) is 0 Å². The van der Waals surface area contributed by atoms with Crippen molar-refractivity contribution < 1.29 is 33.4 Å². The lowest BCUT2D eigenvalue weighted by atomic mass is 10.3. The number of hydrogen-bond acceptors (Lipinski definition) is 5. The molecular weight excluding hydrogens is 254 g/mol. The molecule has 0 atom stereocenters. The summed E-state index contributed by atoms with van der Waals surface area (Å²) in [5.41, 5.74) is 3.52. The van der Waals surface area contributed by atoms with Crippen LogP contribution in [0.3, 0.4) is 0 Å². The summed E-state index contributed by atoms with van der Waals surface area (Å²) in [6.45, 7) is 3.23. The van der Waals surface area contributed by atoms with E-state index in [0.717, 1.165) is 6.54 Å². The van der Waals surface area contributed by atoms with Crippen LogP contribution in [0.1, 0.15) is 6.92 Å². The van der Waals surface area contributed by atoms with Crippen molar-refractivity contribution in [3.63, 3.8) is 0 Å². The third-order valence-electron chi connectivity index (χ3n) is 1.82. The number of rotatable bonds is 1. The molecule has 88 valence electrons. The molecule has 0 unspecified atom stereocenters. The first-order valence-electron chi connectivity index (χ1n) is 4.39. The number of thiazole rings is 1. The third-order valence-corrected chi connectivity index (χ3v) is 2.78. The van der Waals surface area contributed by atoms with Gasteiger partial charge in [-0.05, 0) is 13.0 Å². The minimum absolute atomic E-state index is 1.06. The van der Waals surface area contributed by atoms with E-state index in [9.17, 15) is 0 Å². The molecule has 1 aromatic carbocycles. The second kappa shape index (κ2) is 5.53. The standard InChI is InChI=1S/C9H10NS.ClHO4/c1-2-10-7-11-9-6-4-3-5-8(9)10;2-1(3,4)5/h3-7H,2H2,1H3;(H,2,3,4,5)/q+1;/p-1. The van der Waals surface area contributed by atoms with Gasteiger partial charge in [-0.3, -0.25) is 0 Å². The molecule has 0 N–H and O–H groups in total. The number of halogens is 1. The fourth-order valence-corrected chi connectivity index (χ4v) is 2.18. The summed E-state index contributed by atoms with van der Waals surface area (Å²) in [5.74, 6) is 0. The molecule has 7 heteroatoms. The van der Waals surface area contributed by atoms with Crippen LogP contribution in [0.2, 0.25) is 0 Å². The number of aromatic nitrogens is 1. The number of aryl methyl sites for hydroxylation is 1. The summed E-state index contributed by atoms with van der Waals surface area (Å²) in [6.07, 6.45) is 0. The molecule has 2 rings (SSSR count). The highest BCUT2D eigenvalue weighted by molar-refractivity contribution is 7.16. The van der Waals surface area contributed by atoms with Crippen LogP contribution in [-0.4, -0.2) is 0 Å². The van der Waals surface area contributed by atoms with Gasteiger partial charge in [0.25, 0.3) is 0 Å². The van der Waals surface area contributed by atoms with Crippen molar-refractivity contribution in [3.8, 4) is 0 Å². The van der Waals surface area contributed by atoms with Gasteiger partial charge >= 0.3 is 0 Å². The maximum absolute atomic E-state index is 8.49. The molecule has 0 aliphatic heterocycles. The zero-order chi connectivity index (χ0) is 12.2. The Bertz CT molecular complexity index is 448. The van der Waals surface area contributed by atoms with Gasteiger partial charge in [-0.15, -0.1) is 10.2 Å². The minimum atomic E-state index is -4.94. The number of nitrogens with zero attached hydrogens (tertiary/aromatic N) is 1. The molecule has 0 radical (unpaired) electrons. The Morgan fingerprint density at radius 2 is 1.75 bits per heavy atom. The predicted molar refractivity (Wildman–Crippen MR) is 47.7 cm³/mol. The Hall–Kier alpha value is -0.760. The zero-order valence-electron chi connectivity index (χ0n) is 8.46. The van der Waals surface area contributed by atoms with Crippen molar-refractivity contribution in [3.05, 3.63) is 29.8 Å². The van der Waals surface area contributed by atoms with Gasteiger partial charge in [0.15, 0.2) is 0 Å². The van der Waals surface area contributed by atoms with Gasteiger partial charge in [0.2, 0.25) is 11.0 Å². The summed E-state index contributed by atoms with van der Waals surface area (Å²) in [6, 6.07) is 8.49. The highest BCUT2D eigenvalue weighted by Gasteiger charge is 2.06. The van der Waals surface area contributed by atoms with Crippen LogP contribution < -0.4 is 23.2 Å². The summed E-state index contributed by atoms with van der Waals surface area (Å²) in [7, 11) is -4.94. The molecule has 0 aliphatic carbocycles. The lowest BCUT2D eigenvalue weighted by Gasteiger charge is -2.17. The molecule has 0 aliphatic rings. The average molecular weight is 264 g/mol. The first kappa shape index (κ1) is 13.3. The van der Waals surface area contributed by atoms with E-state index in [4.69, 9.17) is 18.6 Å². The van der Waals surface area contributed by atoms with Gasteiger partial charge in [0.05, 0.1) is 0 Å². The fourth-order valence-electron chi connectivity index (χ4n) is 1.22. The quantitative estimate of drug-likeness (QED) is 0.529. The molecular formula is C9H10ClNO4S. The van der Waals surface area contributed by atoms with Gasteiger partial charge in [-0.25, -0.2) is 18.6 Å². The van der Waals surface area contributed by atoms with E-state index < -0.39 is 10.2 Å². The molecule has 0 amide bonds. The van der Waals surface area contributed by atoms with Crippen molar-refractivity contribution in [1.82, 2.24) is 0 Å². The number of para-hydroxylation sites is 1. The van der Waals surface area contributed by atoms with Gasteiger partial charge < -0.3 is 0 Å². The second-order valence-electron chi connectivity index (χ2n) is 2.85. The second-order valence-corrected chi connectivity index (χ2v) is 4.50. The van der Waals surface area contributed by atoms with Crippen LogP contribution >= 0.6 is 11.3 Å². The summed E-state index contributed by atoms with van der Waals surface area (Å²) in [4.78, 5) is 0. The summed E-state index contributed by atoms with van der Waals surface area (Å²) in [5, 5.41) is 0. The lowest BCUT2D eigenvalue weighted by molar-refractivity contribution is -2.00. The Kier molecular flexibility index (Phi) is 4.60. The monoisotopic (exact) mass is 263 g/mol. The van der Waals surface area contributed by atoms with Crippen LogP contribution in [0.4, 0.5) is 0 Å². The smallest absolute Gasteiger partial charge is 0.222 e. The van der Waals surface area contributed by atoms with Gasteiger partial charge in [-0.1, -0.05) is 23.5 Å².